The Bertz CT molecular complexity index is 207. The van der Waals surface area contributed by atoms with E-state index in [2.05, 4.69) is 11.9 Å². The van der Waals surface area contributed by atoms with Crippen LogP contribution in [0.25, 0.3) is 0 Å². The van der Waals surface area contributed by atoms with E-state index in [1.165, 1.54) is 25.7 Å². The van der Waals surface area contributed by atoms with Gasteiger partial charge in [0.1, 0.15) is 0 Å². The maximum Gasteiger partial charge on any atom is 0.0900 e. The van der Waals surface area contributed by atoms with Crippen molar-refractivity contribution in [2.24, 2.45) is 5.92 Å². The Kier molecular flexibility index (Phi) is 7.82. The van der Waals surface area contributed by atoms with Gasteiger partial charge in [0, 0.05) is 20.2 Å². The summed E-state index contributed by atoms with van der Waals surface area (Å²) < 4.78 is 10.5. The minimum Gasteiger partial charge on any atom is -0.389 e. The minimum absolute atomic E-state index is 0.0461. The second-order valence-electron chi connectivity index (χ2n) is 5.62. The van der Waals surface area contributed by atoms with Gasteiger partial charge in [-0.05, 0) is 32.7 Å². The Morgan fingerprint density at radius 1 is 1.28 bits per heavy atom. The van der Waals surface area contributed by atoms with Crippen LogP contribution in [-0.4, -0.2) is 62.7 Å². The molecule has 1 rings (SSSR count). The number of methoxy groups -OCH3 is 1. The van der Waals surface area contributed by atoms with Crippen LogP contribution in [0.3, 0.4) is 0 Å². The van der Waals surface area contributed by atoms with Crippen molar-refractivity contribution < 1.29 is 14.6 Å². The first kappa shape index (κ1) is 15.9. The van der Waals surface area contributed by atoms with Crippen LogP contribution in [-0.2, 0) is 9.47 Å². The summed E-state index contributed by atoms with van der Waals surface area (Å²) in [5.41, 5.74) is 0. The topological polar surface area (TPSA) is 41.9 Å². The molecule has 1 saturated carbocycles. The smallest absolute Gasteiger partial charge is 0.0900 e. The fourth-order valence-corrected chi connectivity index (χ4v) is 2.68. The first-order valence-electron chi connectivity index (χ1n) is 7.09. The van der Waals surface area contributed by atoms with Gasteiger partial charge < -0.3 is 19.5 Å². The molecule has 108 valence electrons. The molecule has 0 bridgehead atoms. The van der Waals surface area contributed by atoms with Gasteiger partial charge in [-0.25, -0.2) is 0 Å². The highest BCUT2D eigenvalue weighted by Gasteiger charge is 2.18. The van der Waals surface area contributed by atoms with Gasteiger partial charge in [-0.3, -0.25) is 0 Å². The molecule has 1 aliphatic rings. The van der Waals surface area contributed by atoms with Crippen LogP contribution < -0.4 is 0 Å². The van der Waals surface area contributed by atoms with E-state index in [1.54, 1.807) is 7.11 Å². The first-order chi connectivity index (χ1) is 8.61. The second kappa shape index (κ2) is 8.86. The van der Waals surface area contributed by atoms with Crippen molar-refractivity contribution in [3.8, 4) is 0 Å². The average molecular weight is 259 g/mol. The Labute approximate surface area is 111 Å². The van der Waals surface area contributed by atoms with Gasteiger partial charge in [-0.2, -0.15) is 0 Å². The van der Waals surface area contributed by atoms with Crippen LogP contribution in [0.15, 0.2) is 0 Å². The van der Waals surface area contributed by atoms with Gasteiger partial charge in [0.05, 0.1) is 25.4 Å². The third kappa shape index (κ3) is 6.69. The van der Waals surface area contributed by atoms with Crippen molar-refractivity contribution in [2.75, 3.05) is 40.5 Å². The van der Waals surface area contributed by atoms with Gasteiger partial charge in [0.15, 0.2) is 0 Å². The van der Waals surface area contributed by atoms with E-state index in [-0.39, 0.29) is 6.10 Å². The number of rotatable bonds is 9. The lowest BCUT2D eigenvalue weighted by atomic mass is 10.1. The van der Waals surface area contributed by atoms with Crippen LogP contribution in [0.4, 0.5) is 0 Å². The summed E-state index contributed by atoms with van der Waals surface area (Å²) in [7, 11) is 3.74. The molecule has 4 nitrogen and oxygen atoms in total. The van der Waals surface area contributed by atoms with Crippen LogP contribution in [0, 0.1) is 5.92 Å². The third-order valence-corrected chi connectivity index (χ3v) is 3.54. The highest BCUT2D eigenvalue weighted by molar-refractivity contribution is 4.71. The Hall–Kier alpha value is -0.160. The molecule has 2 atom stereocenters. The summed E-state index contributed by atoms with van der Waals surface area (Å²) in [6.07, 6.45) is 5.08. The van der Waals surface area contributed by atoms with Crippen molar-refractivity contribution in [1.29, 1.82) is 0 Å². The predicted molar refractivity (Wildman–Crippen MR) is 72.8 cm³/mol. The number of hydrogen-bond donors (Lipinski definition) is 1. The summed E-state index contributed by atoms with van der Waals surface area (Å²) in [6, 6.07) is 0. The second-order valence-corrected chi connectivity index (χ2v) is 5.62. The Balaban J connectivity index is 2.08. The van der Waals surface area contributed by atoms with Crippen LogP contribution in [0.1, 0.15) is 32.6 Å². The fraction of sp³-hybridized carbons (Fsp3) is 1.00. The zero-order valence-corrected chi connectivity index (χ0v) is 12.1. The summed E-state index contributed by atoms with van der Waals surface area (Å²) in [4.78, 5) is 2.23. The molecule has 0 spiro atoms. The number of aliphatic hydroxyl groups is 1. The molecular formula is C14H29NO3. The number of aliphatic hydroxyl groups excluding tert-OH is 1. The molecule has 1 N–H and O–H groups in total. The molecule has 18 heavy (non-hydrogen) atoms. The van der Waals surface area contributed by atoms with Crippen LogP contribution >= 0.6 is 0 Å². The van der Waals surface area contributed by atoms with Crippen LogP contribution in [0.5, 0.6) is 0 Å². The van der Waals surface area contributed by atoms with Crippen molar-refractivity contribution in [3.63, 3.8) is 0 Å². The van der Waals surface area contributed by atoms with Crippen molar-refractivity contribution >= 4 is 0 Å². The summed E-state index contributed by atoms with van der Waals surface area (Å²) >= 11 is 0. The molecule has 0 radical (unpaired) electrons. The number of likely N-dealkylation sites (N-methyl/N-ethyl adjacent to an activating group) is 1. The van der Waals surface area contributed by atoms with Gasteiger partial charge in [-0.1, -0.05) is 12.8 Å². The molecule has 0 aliphatic heterocycles. The summed E-state index contributed by atoms with van der Waals surface area (Å²) in [5, 5.41) is 9.90. The quantitative estimate of drug-likeness (QED) is 0.682. The van der Waals surface area contributed by atoms with Gasteiger partial charge >= 0.3 is 0 Å². The maximum absolute atomic E-state index is 9.90. The standard InChI is InChI=1S/C14H29NO3/c1-12(10-17-3)18-11-14(16)9-15(2)8-13-6-4-5-7-13/h12-14,16H,4-11H2,1-3H3. The molecule has 4 heteroatoms. The SMILES string of the molecule is COCC(C)OCC(O)CN(C)CC1CCCC1. The van der Waals surface area contributed by atoms with Gasteiger partial charge in [0.2, 0.25) is 0 Å². The summed E-state index contributed by atoms with van der Waals surface area (Å²) in [6.45, 7) is 4.71. The average Bonchev–Trinajstić information content (AvgIpc) is 2.79. The highest BCUT2D eigenvalue weighted by atomic mass is 16.5. The molecule has 0 aromatic heterocycles. The van der Waals surface area contributed by atoms with E-state index < -0.39 is 6.10 Å². The van der Waals surface area contributed by atoms with E-state index in [4.69, 9.17) is 9.47 Å². The van der Waals surface area contributed by atoms with E-state index in [9.17, 15) is 5.11 Å². The Morgan fingerprint density at radius 3 is 2.56 bits per heavy atom. The minimum atomic E-state index is -0.407. The van der Waals surface area contributed by atoms with E-state index >= 15 is 0 Å². The van der Waals surface area contributed by atoms with E-state index in [0.717, 1.165) is 12.5 Å². The number of ether oxygens (including phenoxy) is 2. The van der Waals surface area contributed by atoms with Gasteiger partial charge in [-0.15, -0.1) is 0 Å². The van der Waals surface area contributed by atoms with E-state index in [0.29, 0.717) is 19.8 Å². The molecule has 0 heterocycles. The number of nitrogens with zero attached hydrogens (tertiary/aromatic N) is 1. The lowest BCUT2D eigenvalue weighted by Crippen LogP contribution is -2.35. The normalized spacial score (nSPS) is 20.5. The molecule has 0 aromatic rings. The molecule has 0 saturated heterocycles. The van der Waals surface area contributed by atoms with Crippen molar-refractivity contribution in [3.05, 3.63) is 0 Å². The highest BCUT2D eigenvalue weighted by Crippen LogP contribution is 2.25. The lowest BCUT2D eigenvalue weighted by molar-refractivity contribution is -0.0387. The molecule has 0 aromatic carbocycles. The van der Waals surface area contributed by atoms with Gasteiger partial charge in [0.25, 0.3) is 0 Å². The molecule has 0 amide bonds. The zero-order valence-electron chi connectivity index (χ0n) is 12.1. The van der Waals surface area contributed by atoms with Crippen LogP contribution in [0.2, 0.25) is 0 Å². The molecule has 1 aliphatic carbocycles. The van der Waals surface area contributed by atoms with E-state index in [1.807, 2.05) is 6.92 Å². The first-order valence-corrected chi connectivity index (χ1v) is 7.09. The monoisotopic (exact) mass is 259 g/mol. The lowest BCUT2D eigenvalue weighted by Gasteiger charge is -2.24. The zero-order chi connectivity index (χ0) is 13.4. The van der Waals surface area contributed by atoms with Crippen molar-refractivity contribution in [1.82, 2.24) is 4.90 Å². The molecular weight excluding hydrogens is 230 g/mol. The largest absolute Gasteiger partial charge is 0.389 e. The molecule has 1 fully saturated rings. The predicted octanol–water partition coefficient (Wildman–Crippen LogP) is 1.52. The third-order valence-electron chi connectivity index (χ3n) is 3.54. The fourth-order valence-electron chi connectivity index (χ4n) is 2.68. The summed E-state index contributed by atoms with van der Waals surface area (Å²) in [5.74, 6) is 0.829. The maximum atomic E-state index is 9.90. The Morgan fingerprint density at radius 2 is 1.94 bits per heavy atom. The number of hydrogen-bond acceptors (Lipinski definition) is 4. The molecule has 2 unspecified atom stereocenters. The van der Waals surface area contributed by atoms with Crippen molar-refractivity contribution in [2.45, 2.75) is 44.8 Å².